The minimum atomic E-state index is -0.502. The summed E-state index contributed by atoms with van der Waals surface area (Å²) in [6, 6.07) is 14.9. The van der Waals surface area contributed by atoms with Crippen molar-refractivity contribution in [3.63, 3.8) is 0 Å². The maximum absolute atomic E-state index is 12.1. The quantitative estimate of drug-likeness (QED) is 0.584. The van der Waals surface area contributed by atoms with Gasteiger partial charge < -0.3 is 10.5 Å². The molecule has 0 saturated heterocycles. The molecule has 0 bridgehead atoms. The smallest absolute Gasteiger partial charge is 0.235 e. The molecule has 4 aromatic rings. The fraction of sp³-hybridized carbons (Fsp3) is 0.111. The largest absolute Gasteiger partial charge is 0.491 e. The maximum atomic E-state index is 12.1. The molecule has 24 heavy (non-hydrogen) atoms. The number of benzene rings is 2. The van der Waals surface area contributed by atoms with Gasteiger partial charge in [0.05, 0.1) is 16.7 Å². The summed E-state index contributed by atoms with van der Waals surface area (Å²) in [6.07, 6.45) is 1.94. The number of halogens is 1. The van der Waals surface area contributed by atoms with Gasteiger partial charge in [0.15, 0.2) is 0 Å². The van der Waals surface area contributed by atoms with Crippen molar-refractivity contribution in [3.05, 3.63) is 54.7 Å². The number of aromatic nitrogens is 3. The van der Waals surface area contributed by atoms with Crippen LogP contribution in [0.1, 0.15) is 0 Å². The fourth-order valence-electron chi connectivity index (χ4n) is 2.66. The molecule has 0 spiro atoms. The van der Waals surface area contributed by atoms with E-state index in [0.717, 1.165) is 22.3 Å². The van der Waals surface area contributed by atoms with Crippen LogP contribution in [0, 0.1) is 0 Å². The van der Waals surface area contributed by atoms with Gasteiger partial charge in [0.25, 0.3) is 0 Å². The third kappa shape index (κ3) is 2.52. The van der Waals surface area contributed by atoms with Gasteiger partial charge in [-0.1, -0.05) is 0 Å². The van der Waals surface area contributed by atoms with Crippen LogP contribution in [0.4, 0.5) is 10.1 Å². The monoisotopic (exact) mass is 322 g/mol. The lowest BCUT2D eigenvalue weighted by Crippen LogP contribution is -1.98. The molecule has 2 heterocycles. The molecule has 0 amide bonds. The Morgan fingerprint density at radius 2 is 1.88 bits per heavy atom. The predicted octanol–water partition coefficient (Wildman–Crippen LogP) is 3.48. The third-order valence-electron chi connectivity index (χ3n) is 3.79. The standard InChI is InChI=1S/C18H15FN4O/c19-8-10-24-14-4-1-12(2-5-14)15-7-9-23-17-6-3-13(20)11-16(17)22-18(23)21-15/h1-7,9,11H,8,10,20H2. The van der Waals surface area contributed by atoms with E-state index in [-0.39, 0.29) is 6.61 Å². The summed E-state index contributed by atoms with van der Waals surface area (Å²) in [5.74, 6) is 1.25. The molecule has 0 radical (unpaired) electrons. The summed E-state index contributed by atoms with van der Waals surface area (Å²) < 4.78 is 19.3. The van der Waals surface area contributed by atoms with Crippen molar-refractivity contribution in [1.29, 1.82) is 0 Å². The Labute approximate surface area is 137 Å². The van der Waals surface area contributed by atoms with Crippen LogP contribution in [0.25, 0.3) is 28.1 Å². The lowest BCUT2D eigenvalue weighted by atomic mass is 10.1. The Morgan fingerprint density at radius 3 is 2.67 bits per heavy atom. The van der Waals surface area contributed by atoms with Crippen LogP contribution >= 0.6 is 0 Å². The number of alkyl halides is 1. The molecule has 0 aliphatic rings. The molecule has 5 nitrogen and oxygen atoms in total. The minimum absolute atomic E-state index is 0.0628. The van der Waals surface area contributed by atoms with Crippen molar-refractivity contribution < 1.29 is 9.13 Å². The zero-order chi connectivity index (χ0) is 16.5. The fourth-order valence-corrected chi connectivity index (χ4v) is 2.66. The number of nitrogens with zero attached hydrogens (tertiary/aromatic N) is 3. The number of hydrogen-bond acceptors (Lipinski definition) is 4. The number of imidazole rings is 1. The molecular weight excluding hydrogens is 307 g/mol. The summed E-state index contributed by atoms with van der Waals surface area (Å²) in [5, 5.41) is 0. The van der Waals surface area contributed by atoms with Gasteiger partial charge in [0.1, 0.15) is 19.0 Å². The van der Waals surface area contributed by atoms with Crippen molar-refractivity contribution in [3.8, 4) is 17.0 Å². The van der Waals surface area contributed by atoms with Crippen LogP contribution in [-0.4, -0.2) is 27.7 Å². The molecule has 0 aliphatic heterocycles. The Kier molecular flexibility index (Phi) is 3.49. The van der Waals surface area contributed by atoms with Gasteiger partial charge in [0.2, 0.25) is 5.78 Å². The molecule has 120 valence electrons. The lowest BCUT2D eigenvalue weighted by Gasteiger charge is -2.05. The molecule has 0 saturated carbocycles. The minimum Gasteiger partial charge on any atom is -0.491 e. The molecule has 6 heteroatoms. The third-order valence-corrected chi connectivity index (χ3v) is 3.79. The molecule has 2 N–H and O–H groups in total. The number of ether oxygens (including phenoxy) is 1. The van der Waals surface area contributed by atoms with E-state index in [4.69, 9.17) is 10.5 Å². The van der Waals surface area contributed by atoms with E-state index >= 15 is 0 Å². The first-order chi connectivity index (χ1) is 11.7. The molecule has 0 aliphatic carbocycles. The predicted molar refractivity (Wildman–Crippen MR) is 91.8 cm³/mol. The molecule has 2 aromatic heterocycles. The van der Waals surface area contributed by atoms with Gasteiger partial charge in [-0.15, -0.1) is 0 Å². The summed E-state index contributed by atoms with van der Waals surface area (Å²) in [5.41, 5.74) is 10.0. The van der Waals surface area contributed by atoms with Crippen LogP contribution in [0.5, 0.6) is 5.75 Å². The zero-order valence-corrected chi connectivity index (χ0v) is 12.8. The second-order valence-corrected chi connectivity index (χ2v) is 5.40. The van der Waals surface area contributed by atoms with Gasteiger partial charge in [-0.25, -0.2) is 14.4 Å². The lowest BCUT2D eigenvalue weighted by molar-refractivity contribution is 0.273. The number of nitrogen functional groups attached to an aromatic ring is 1. The van der Waals surface area contributed by atoms with E-state index in [1.165, 1.54) is 0 Å². The number of hydrogen-bond donors (Lipinski definition) is 1. The Hall–Kier alpha value is -3.15. The molecule has 2 aromatic carbocycles. The summed E-state index contributed by atoms with van der Waals surface area (Å²) in [4.78, 5) is 9.14. The van der Waals surface area contributed by atoms with Crippen molar-refractivity contribution in [2.45, 2.75) is 0 Å². The summed E-state index contributed by atoms with van der Waals surface area (Å²) >= 11 is 0. The van der Waals surface area contributed by atoms with Gasteiger partial charge in [-0.05, 0) is 48.5 Å². The first-order valence-corrected chi connectivity index (χ1v) is 7.58. The van der Waals surface area contributed by atoms with Crippen LogP contribution in [0.15, 0.2) is 54.7 Å². The SMILES string of the molecule is Nc1ccc2c(c1)nc1nc(-c3ccc(OCCF)cc3)ccn12. The van der Waals surface area contributed by atoms with Crippen molar-refractivity contribution >= 4 is 22.5 Å². The Bertz CT molecular complexity index is 1010. The Morgan fingerprint density at radius 1 is 1.04 bits per heavy atom. The van der Waals surface area contributed by atoms with E-state index in [1.807, 2.05) is 47.0 Å². The number of rotatable bonds is 4. The van der Waals surface area contributed by atoms with Gasteiger partial charge in [0, 0.05) is 17.4 Å². The zero-order valence-electron chi connectivity index (χ0n) is 12.8. The second-order valence-electron chi connectivity index (χ2n) is 5.40. The van der Waals surface area contributed by atoms with E-state index in [2.05, 4.69) is 9.97 Å². The van der Waals surface area contributed by atoms with Gasteiger partial charge >= 0.3 is 0 Å². The van der Waals surface area contributed by atoms with Crippen molar-refractivity contribution in [2.75, 3.05) is 19.0 Å². The first-order valence-electron chi connectivity index (χ1n) is 7.58. The number of nitrogens with two attached hydrogens (primary N) is 1. The van der Waals surface area contributed by atoms with E-state index in [1.54, 1.807) is 12.1 Å². The number of anilines is 1. The van der Waals surface area contributed by atoms with Crippen molar-refractivity contribution in [1.82, 2.24) is 14.4 Å². The van der Waals surface area contributed by atoms with Crippen LogP contribution in [-0.2, 0) is 0 Å². The van der Waals surface area contributed by atoms with Crippen LogP contribution < -0.4 is 10.5 Å². The van der Waals surface area contributed by atoms with E-state index < -0.39 is 6.67 Å². The first kappa shape index (κ1) is 14.4. The molecule has 0 atom stereocenters. The molecule has 0 fully saturated rings. The van der Waals surface area contributed by atoms with Crippen LogP contribution in [0.3, 0.4) is 0 Å². The average molecular weight is 322 g/mol. The van der Waals surface area contributed by atoms with Gasteiger partial charge in [-0.3, -0.25) is 4.40 Å². The highest BCUT2D eigenvalue weighted by Crippen LogP contribution is 2.23. The molecular formula is C18H15FN4O. The molecule has 4 rings (SSSR count). The maximum Gasteiger partial charge on any atom is 0.235 e. The Balaban J connectivity index is 1.73. The second kappa shape index (κ2) is 5.81. The highest BCUT2D eigenvalue weighted by Gasteiger charge is 2.08. The van der Waals surface area contributed by atoms with E-state index in [9.17, 15) is 4.39 Å². The number of fused-ring (bicyclic) bond motifs is 3. The van der Waals surface area contributed by atoms with Gasteiger partial charge in [-0.2, -0.15) is 0 Å². The van der Waals surface area contributed by atoms with E-state index in [0.29, 0.717) is 17.2 Å². The highest BCUT2D eigenvalue weighted by atomic mass is 19.1. The molecule has 0 unspecified atom stereocenters. The topological polar surface area (TPSA) is 65.4 Å². The van der Waals surface area contributed by atoms with Crippen LogP contribution in [0.2, 0.25) is 0 Å². The summed E-state index contributed by atoms with van der Waals surface area (Å²) in [7, 11) is 0. The highest BCUT2D eigenvalue weighted by molar-refractivity contribution is 5.83. The average Bonchev–Trinajstić information content (AvgIpc) is 2.96. The summed E-state index contributed by atoms with van der Waals surface area (Å²) in [6.45, 7) is -0.439. The van der Waals surface area contributed by atoms with Crippen molar-refractivity contribution in [2.24, 2.45) is 0 Å². The normalized spacial score (nSPS) is 11.2.